The molecule has 0 radical (unpaired) electrons. The van der Waals surface area contributed by atoms with Crippen LogP contribution in [0.5, 0.6) is 11.5 Å². The van der Waals surface area contributed by atoms with Crippen molar-refractivity contribution in [3.05, 3.63) is 52.5 Å². The van der Waals surface area contributed by atoms with Crippen molar-refractivity contribution >= 4 is 22.7 Å². The molecule has 0 saturated carbocycles. The van der Waals surface area contributed by atoms with Gasteiger partial charge in [0.05, 0.1) is 19.2 Å². The van der Waals surface area contributed by atoms with Gasteiger partial charge in [0.15, 0.2) is 17.1 Å². The van der Waals surface area contributed by atoms with Crippen molar-refractivity contribution in [1.82, 2.24) is 4.98 Å². The fourth-order valence-electron chi connectivity index (χ4n) is 2.32. The molecule has 7 heteroatoms. The van der Waals surface area contributed by atoms with E-state index in [4.69, 9.17) is 13.9 Å². The van der Waals surface area contributed by atoms with Crippen LogP contribution in [0.2, 0.25) is 0 Å². The van der Waals surface area contributed by atoms with Crippen LogP contribution < -0.4 is 20.5 Å². The number of oxazole rings is 1. The minimum atomic E-state index is -0.537. The van der Waals surface area contributed by atoms with E-state index in [1.54, 1.807) is 36.4 Å². The Labute approximate surface area is 137 Å². The number of fused-ring (bicyclic) bond motifs is 1. The van der Waals surface area contributed by atoms with Crippen LogP contribution in [-0.2, 0) is 0 Å². The van der Waals surface area contributed by atoms with Crippen LogP contribution in [0.4, 0.5) is 5.69 Å². The molecule has 3 aromatic rings. The van der Waals surface area contributed by atoms with Crippen molar-refractivity contribution in [2.75, 3.05) is 19.0 Å². The summed E-state index contributed by atoms with van der Waals surface area (Å²) in [5.41, 5.74) is 1.91. The highest BCUT2D eigenvalue weighted by Crippen LogP contribution is 2.28. The summed E-state index contributed by atoms with van der Waals surface area (Å²) in [6.45, 7) is 2.38. The molecule has 7 nitrogen and oxygen atoms in total. The number of anilines is 1. The first-order valence-electron chi connectivity index (χ1n) is 7.35. The van der Waals surface area contributed by atoms with Gasteiger partial charge < -0.3 is 19.2 Å². The Kier molecular flexibility index (Phi) is 4.24. The van der Waals surface area contributed by atoms with Gasteiger partial charge in [0.2, 0.25) is 0 Å². The predicted molar refractivity (Wildman–Crippen MR) is 89.0 cm³/mol. The fraction of sp³-hybridized carbons (Fsp3) is 0.176. The van der Waals surface area contributed by atoms with Crippen molar-refractivity contribution in [2.45, 2.75) is 6.92 Å². The summed E-state index contributed by atoms with van der Waals surface area (Å²) in [7, 11) is 1.52. The van der Waals surface area contributed by atoms with Crippen LogP contribution in [-0.4, -0.2) is 24.6 Å². The Balaban J connectivity index is 1.83. The highest BCUT2D eigenvalue weighted by atomic mass is 16.5. The largest absolute Gasteiger partial charge is 0.493 e. The summed E-state index contributed by atoms with van der Waals surface area (Å²) < 4.78 is 15.6. The summed E-state index contributed by atoms with van der Waals surface area (Å²) in [6.07, 6.45) is 0. The second-order valence-corrected chi connectivity index (χ2v) is 4.98. The van der Waals surface area contributed by atoms with Crippen molar-refractivity contribution in [1.29, 1.82) is 0 Å². The second kappa shape index (κ2) is 6.49. The maximum absolute atomic E-state index is 12.4. The zero-order chi connectivity index (χ0) is 17.1. The number of amides is 1. The number of H-pyrrole nitrogens is 1. The first kappa shape index (κ1) is 15.7. The number of hydrogen-bond acceptors (Lipinski definition) is 5. The third-order valence-corrected chi connectivity index (χ3v) is 3.40. The Morgan fingerprint density at radius 3 is 2.79 bits per heavy atom. The highest BCUT2D eigenvalue weighted by molar-refractivity contribution is 6.05. The van der Waals surface area contributed by atoms with Crippen LogP contribution in [0.3, 0.4) is 0 Å². The number of benzene rings is 2. The van der Waals surface area contributed by atoms with E-state index in [0.29, 0.717) is 40.5 Å². The smallest absolute Gasteiger partial charge is 0.417 e. The van der Waals surface area contributed by atoms with Gasteiger partial charge in [-0.05, 0) is 43.3 Å². The van der Waals surface area contributed by atoms with Crippen LogP contribution >= 0.6 is 0 Å². The molecule has 1 aromatic heterocycles. The van der Waals surface area contributed by atoms with E-state index in [9.17, 15) is 9.59 Å². The minimum absolute atomic E-state index is 0.304. The fourth-order valence-corrected chi connectivity index (χ4v) is 2.32. The number of carbonyl (C=O) groups is 1. The van der Waals surface area contributed by atoms with Crippen molar-refractivity contribution < 1.29 is 18.7 Å². The van der Waals surface area contributed by atoms with Gasteiger partial charge in [-0.3, -0.25) is 9.78 Å². The third-order valence-electron chi connectivity index (χ3n) is 3.40. The Morgan fingerprint density at radius 2 is 2.04 bits per heavy atom. The van der Waals surface area contributed by atoms with Gasteiger partial charge in [0.1, 0.15) is 0 Å². The monoisotopic (exact) mass is 328 g/mol. The molecule has 24 heavy (non-hydrogen) atoms. The maximum Gasteiger partial charge on any atom is 0.417 e. The molecule has 2 N–H and O–H groups in total. The molecule has 0 aliphatic carbocycles. The molecule has 124 valence electrons. The molecule has 0 aliphatic rings. The van der Waals surface area contributed by atoms with E-state index in [1.165, 1.54) is 7.11 Å². The third kappa shape index (κ3) is 3.10. The second-order valence-electron chi connectivity index (χ2n) is 4.98. The summed E-state index contributed by atoms with van der Waals surface area (Å²) in [4.78, 5) is 26.1. The molecule has 1 heterocycles. The number of methoxy groups -OCH3 is 1. The van der Waals surface area contributed by atoms with Crippen molar-refractivity contribution in [2.24, 2.45) is 0 Å². The highest BCUT2D eigenvalue weighted by Gasteiger charge is 2.12. The Bertz CT molecular complexity index is 942. The molecular formula is C17H16N2O5. The summed E-state index contributed by atoms with van der Waals surface area (Å²) >= 11 is 0. The standard InChI is InChI=1S/C17H16N2O5/c1-3-23-14-6-4-10(8-15(14)22-2)16(20)18-11-5-7-13-12(9-11)19-17(21)24-13/h4-9H,3H2,1-2H3,(H,18,20)(H,19,21). The number of rotatable bonds is 5. The molecular weight excluding hydrogens is 312 g/mol. The summed E-state index contributed by atoms with van der Waals surface area (Å²) in [5, 5.41) is 2.76. The topological polar surface area (TPSA) is 93.6 Å². The lowest BCUT2D eigenvalue weighted by molar-refractivity contribution is 0.102. The van der Waals surface area contributed by atoms with Gasteiger partial charge in [-0.2, -0.15) is 0 Å². The van der Waals surface area contributed by atoms with Crippen LogP contribution in [0.1, 0.15) is 17.3 Å². The number of hydrogen-bond donors (Lipinski definition) is 2. The average molecular weight is 328 g/mol. The number of aromatic nitrogens is 1. The number of aromatic amines is 1. The number of nitrogens with one attached hydrogen (secondary N) is 2. The molecule has 0 saturated heterocycles. The zero-order valence-corrected chi connectivity index (χ0v) is 13.2. The van der Waals surface area contributed by atoms with Crippen molar-refractivity contribution in [3.8, 4) is 11.5 Å². The van der Waals surface area contributed by atoms with Gasteiger partial charge in [-0.15, -0.1) is 0 Å². The van der Waals surface area contributed by atoms with E-state index in [-0.39, 0.29) is 5.91 Å². The van der Waals surface area contributed by atoms with Crippen LogP contribution in [0.25, 0.3) is 11.1 Å². The van der Waals surface area contributed by atoms with Gasteiger partial charge in [-0.25, -0.2) is 4.79 Å². The Hall–Kier alpha value is -3.22. The molecule has 0 fully saturated rings. The SMILES string of the molecule is CCOc1ccc(C(=O)Nc2ccc3oc(=O)[nH]c3c2)cc1OC. The molecule has 0 aliphatic heterocycles. The normalized spacial score (nSPS) is 10.6. The molecule has 0 atom stereocenters. The van der Waals surface area contributed by atoms with Crippen LogP contribution in [0, 0.1) is 0 Å². The minimum Gasteiger partial charge on any atom is -0.493 e. The van der Waals surface area contributed by atoms with E-state index in [2.05, 4.69) is 10.3 Å². The quantitative estimate of drug-likeness (QED) is 0.751. The Morgan fingerprint density at radius 1 is 1.21 bits per heavy atom. The van der Waals surface area contributed by atoms with Gasteiger partial charge >= 0.3 is 5.76 Å². The summed E-state index contributed by atoms with van der Waals surface area (Å²) in [6, 6.07) is 9.85. The van der Waals surface area contributed by atoms with E-state index in [0.717, 1.165) is 0 Å². The zero-order valence-electron chi connectivity index (χ0n) is 13.2. The van der Waals surface area contributed by atoms with Crippen molar-refractivity contribution in [3.63, 3.8) is 0 Å². The molecule has 0 bridgehead atoms. The van der Waals surface area contributed by atoms with Crippen LogP contribution in [0.15, 0.2) is 45.6 Å². The van der Waals surface area contributed by atoms with E-state index in [1.807, 2.05) is 6.92 Å². The molecule has 3 rings (SSSR count). The van der Waals surface area contributed by atoms with Gasteiger partial charge in [-0.1, -0.05) is 0 Å². The van der Waals surface area contributed by atoms with E-state index >= 15 is 0 Å². The lowest BCUT2D eigenvalue weighted by Crippen LogP contribution is -2.12. The number of carbonyl (C=O) groups excluding carboxylic acids is 1. The maximum atomic E-state index is 12.4. The lowest BCUT2D eigenvalue weighted by Gasteiger charge is -2.11. The molecule has 0 spiro atoms. The molecule has 0 unspecified atom stereocenters. The lowest BCUT2D eigenvalue weighted by atomic mass is 10.1. The number of ether oxygens (including phenoxy) is 2. The first-order valence-corrected chi connectivity index (χ1v) is 7.35. The predicted octanol–water partition coefficient (Wildman–Crippen LogP) is 2.78. The van der Waals surface area contributed by atoms with Gasteiger partial charge in [0, 0.05) is 11.3 Å². The average Bonchev–Trinajstić information content (AvgIpc) is 2.94. The summed E-state index contributed by atoms with van der Waals surface area (Å²) in [5.74, 6) is 0.222. The van der Waals surface area contributed by atoms with E-state index < -0.39 is 5.76 Å². The molecule has 1 amide bonds. The molecule has 2 aromatic carbocycles. The first-order chi connectivity index (χ1) is 11.6. The van der Waals surface area contributed by atoms with Gasteiger partial charge in [0.25, 0.3) is 5.91 Å².